The van der Waals surface area contributed by atoms with Gasteiger partial charge in [0, 0.05) is 17.0 Å². The number of alkyl halides is 1. The molecule has 1 aromatic carbocycles. The Kier molecular flexibility index (Phi) is 2.89. The zero-order chi connectivity index (χ0) is 9.97. The average molecular weight is 273 g/mol. The summed E-state index contributed by atoms with van der Waals surface area (Å²) in [6.45, 7) is 0. The Labute approximate surface area is 95.0 Å². The van der Waals surface area contributed by atoms with Crippen LogP contribution in [-0.4, -0.2) is 5.16 Å². The Balaban J connectivity index is 2.44. The maximum Gasteiger partial charge on any atom is 0.168 e. The molecule has 0 saturated carbocycles. The molecule has 0 atom stereocenters. The molecule has 0 spiro atoms. The highest BCUT2D eigenvalue weighted by Crippen LogP contribution is 2.28. The minimum absolute atomic E-state index is 0.671. The second kappa shape index (κ2) is 4.15. The summed E-state index contributed by atoms with van der Waals surface area (Å²) in [6.07, 6.45) is 0. The molecule has 2 nitrogen and oxygen atoms in total. The van der Waals surface area contributed by atoms with Crippen LogP contribution >= 0.6 is 27.5 Å². The van der Waals surface area contributed by atoms with Gasteiger partial charge in [-0.05, 0) is 12.1 Å². The number of rotatable bonds is 2. The molecule has 0 unspecified atom stereocenters. The fourth-order valence-electron chi connectivity index (χ4n) is 1.16. The number of benzene rings is 1. The van der Waals surface area contributed by atoms with Crippen LogP contribution in [0.4, 0.5) is 0 Å². The molecule has 4 heteroatoms. The molecule has 2 rings (SSSR count). The Bertz CT molecular complexity index is 441. The highest BCUT2D eigenvalue weighted by Gasteiger charge is 2.08. The van der Waals surface area contributed by atoms with Gasteiger partial charge in [-0.25, -0.2) is 0 Å². The van der Waals surface area contributed by atoms with E-state index < -0.39 is 0 Å². The van der Waals surface area contributed by atoms with Crippen LogP contribution in [0.5, 0.6) is 0 Å². The van der Waals surface area contributed by atoms with E-state index in [-0.39, 0.29) is 0 Å². The van der Waals surface area contributed by atoms with Crippen molar-refractivity contribution < 1.29 is 4.52 Å². The molecule has 0 fully saturated rings. The Morgan fingerprint density at radius 1 is 1.36 bits per heavy atom. The zero-order valence-corrected chi connectivity index (χ0v) is 9.55. The van der Waals surface area contributed by atoms with Crippen molar-refractivity contribution in [2.24, 2.45) is 0 Å². The van der Waals surface area contributed by atoms with Gasteiger partial charge >= 0.3 is 0 Å². The number of hydrogen-bond acceptors (Lipinski definition) is 2. The van der Waals surface area contributed by atoms with Gasteiger partial charge in [0.1, 0.15) is 0 Å². The number of aromatic nitrogens is 1. The highest BCUT2D eigenvalue weighted by atomic mass is 79.9. The first-order chi connectivity index (χ1) is 6.81. The lowest BCUT2D eigenvalue weighted by molar-refractivity contribution is 0.426. The lowest BCUT2D eigenvalue weighted by Crippen LogP contribution is -1.74. The molecule has 0 saturated heterocycles. The molecule has 14 heavy (non-hydrogen) atoms. The molecule has 0 aliphatic heterocycles. The summed E-state index contributed by atoms with van der Waals surface area (Å²) in [7, 11) is 0. The largest absolute Gasteiger partial charge is 0.356 e. The molecule has 1 heterocycles. The number of halogens is 2. The standard InChI is InChI=1S/C10H7BrClNO/c11-6-7-5-10(14-13-7)8-3-1-2-4-9(8)12/h1-5H,6H2. The fraction of sp³-hybridized carbons (Fsp3) is 0.100. The topological polar surface area (TPSA) is 26.0 Å². The SMILES string of the molecule is Clc1ccccc1-c1cc(CBr)no1. The molecule has 0 bridgehead atoms. The van der Waals surface area contributed by atoms with Crippen LogP contribution in [0.15, 0.2) is 34.9 Å². The first kappa shape index (κ1) is 9.74. The summed E-state index contributed by atoms with van der Waals surface area (Å²) in [4.78, 5) is 0. The predicted octanol–water partition coefficient (Wildman–Crippen LogP) is 3.89. The van der Waals surface area contributed by atoms with E-state index in [1.54, 1.807) is 0 Å². The molecule has 72 valence electrons. The first-order valence-electron chi connectivity index (χ1n) is 4.07. The number of hydrogen-bond donors (Lipinski definition) is 0. The summed E-state index contributed by atoms with van der Waals surface area (Å²) in [5.41, 5.74) is 1.73. The third-order valence-electron chi connectivity index (χ3n) is 1.84. The van der Waals surface area contributed by atoms with Crippen LogP contribution in [0.1, 0.15) is 5.69 Å². The minimum atomic E-state index is 0.671. The smallest absolute Gasteiger partial charge is 0.168 e. The van der Waals surface area contributed by atoms with Crippen molar-refractivity contribution in [1.82, 2.24) is 5.16 Å². The van der Waals surface area contributed by atoms with Crippen LogP contribution in [0.2, 0.25) is 5.02 Å². The van der Waals surface area contributed by atoms with Crippen molar-refractivity contribution in [3.8, 4) is 11.3 Å². The van der Waals surface area contributed by atoms with E-state index in [1.807, 2.05) is 30.3 Å². The van der Waals surface area contributed by atoms with E-state index in [9.17, 15) is 0 Å². The number of nitrogens with zero attached hydrogens (tertiary/aromatic N) is 1. The van der Waals surface area contributed by atoms with Crippen LogP contribution in [0.25, 0.3) is 11.3 Å². The normalized spacial score (nSPS) is 10.4. The van der Waals surface area contributed by atoms with E-state index in [1.165, 1.54) is 0 Å². The third kappa shape index (κ3) is 1.83. The molecule has 0 N–H and O–H groups in total. The van der Waals surface area contributed by atoms with Gasteiger partial charge in [-0.1, -0.05) is 44.8 Å². The highest BCUT2D eigenvalue weighted by molar-refractivity contribution is 9.08. The second-order valence-corrected chi connectivity index (χ2v) is 3.76. The van der Waals surface area contributed by atoms with Gasteiger partial charge in [0.15, 0.2) is 5.76 Å². The third-order valence-corrected chi connectivity index (χ3v) is 2.74. The van der Waals surface area contributed by atoms with Crippen LogP contribution in [0, 0.1) is 0 Å². The van der Waals surface area contributed by atoms with E-state index in [2.05, 4.69) is 21.1 Å². The molecular weight excluding hydrogens is 265 g/mol. The van der Waals surface area contributed by atoms with Gasteiger partial charge in [0.2, 0.25) is 0 Å². The summed E-state index contributed by atoms with van der Waals surface area (Å²) >= 11 is 9.32. The summed E-state index contributed by atoms with van der Waals surface area (Å²) in [5.74, 6) is 0.699. The lowest BCUT2D eigenvalue weighted by Gasteiger charge is -1.96. The van der Waals surface area contributed by atoms with E-state index >= 15 is 0 Å². The summed E-state index contributed by atoms with van der Waals surface area (Å²) in [6, 6.07) is 9.40. The van der Waals surface area contributed by atoms with E-state index in [4.69, 9.17) is 16.1 Å². The van der Waals surface area contributed by atoms with Gasteiger partial charge in [0.05, 0.1) is 10.7 Å². The van der Waals surface area contributed by atoms with Crippen LogP contribution in [-0.2, 0) is 5.33 Å². The maximum atomic E-state index is 6.01. The van der Waals surface area contributed by atoms with Gasteiger partial charge in [-0.2, -0.15) is 0 Å². The molecule has 1 aromatic heterocycles. The lowest BCUT2D eigenvalue weighted by atomic mass is 10.2. The minimum Gasteiger partial charge on any atom is -0.356 e. The molecule has 2 aromatic rings. The van der Waals surface area contributed by atoms with Crippen LogP contribution < -0.4 is 0 Å². The molecule has 0 amide bonds. The van der Waals surface area contributed by atoms with Crippen molar-refractivity contribution in [2.75, 3.05) is 0 Å². The quantitative estimate of drug-likeness (QED) is 0.775. The van der Waals surface area contributed by atoms with Crippen molar-refractivity contribution in [1.29, 1.82) is 0 Å². The Hall–Kier alpha value is -0.800. The molecular formula is C10H7BrClNO. The predicted molar refractivity (Wildman–Crippen MR) is 59.6 cm³/mol. The fourth-order valence-corrected chi connectivity index (χ4v) is 1.66. The van der Waals surface area contributed by atoms with Crippen molar-refractivity contribution >= 4 is 27.5 Å². The van der Waals surface area contributed by atoms with Gasteiger partial charge in [-0.15, -0.1) is 0 Å². The van der Waals surface area contributed by atoms with E-state index in [0.29, 0.717) is 16.1 Å². The Morgan fingerprint density at radius 2 is 2.14 bits per heavy atom. The Morgan fingerprint density at radius 3 is 2.79 bits per heavy atom. The van der Waals surface area contributed by atoms with E-state index in [0.717, 1.165) is 11.3 Å². The second-order valence-electron chi connectivity index (χ2n) is 2.80. The van der Waals surface area contributed by atoms with Gasteiger partial charge < -0.3 is 4.52 Å². The molecule has 0 radical (unpaired) electrons. The molecule has 0 aliphatic carbocycles. The zero-order valence-electron chi connectivity index (χ0n) is 7.21. The monoisotopic (exact) mass is 271 g/mol. The summed E-state index contributed by atoms with van der Waals surface area (Å²) < 4.78 is 5.16. The van der Waals surface area contributed by atoms with Gasteiger partial charge in [0.25, 0.3) is 0 Å². The van der Waals surface area contributed by atoms with Crippen molar-refractivity contribution in [3.63, 3.8) is 0 Å². The van der Waals surface area contributed by atoms with Crippen molar-refractivity contribution in [3.05, 3.63) is 41.0 Å². The first-order valence-corrected chi connectivity index (χ1v) is 5.57. The summed E-state index contributed by atoms with van der Waals surface area (Å²) in [5, 5.41) is 5.22. The van der Waals surface area contributed by atoms with Crippen molar-refractivity contribution in [2.45, 2.75) is 5.33 Å². The van der Waals surface area contributed by atoms with Gasteiger partial charge in [-0.3, -0.25) is 0 Å². The van der Waals surface area contributed by atoms with Crippen LogP contribution in [0.3, 0.4) is 0 Å². The maximum absolute atomic E-state index is 6.01. The average Bonchev–Trinajstić information content (AvgIpc) is 2.67. The molecule has 0 aliphatic rings.